The van der Waals surface area contributed by atoms with Gasteiger partial charge in [0.25, 0.3) is 0 Å². The summed E-state index contributed by atoms with van der Waals surface area (Å²) in [6, 6.07) is 7.99. The van der Waals surface area contributed by atoms with Crippen molar-refractivity contribution in [3.63, 3.8) is 0 Å². The van der Waals surface area contributed by atoms with Crippen molar-refractivity contribution in [3.8, 4) is 0 Å². The summed E-state index contributed by atoms with van der Waals surface area (Å²) in [5, 5.41) is 10.7. The van der Waals surface area contributed by atoms with Gasteiger partial charge in [-0.05, 0) is 56.8 Å². The van der Waals surface area contributed by atoms with Crippen LogP contribution in [0.15, 0.2) is 33.5 Å². The van der Waals surface area contributed by atoms with E-state index in [9.17, 15) is 9.90 Å². The van der Waals surface area contributed by atoms with Crippen molar-refractivity contribution in [3.05, 3.63) is 45.8 Å². The Morgan fingerprint density at radius 3 is 3.00 bits per heavy atom. The minimum atomic E-state index is -0.292. The molecule has 2 atom stereocenters. The number of aliphatic hydroxyl groups excluding tert-OH is 1. The van der Waals surface area contributed by atoms with Crippen LogP contribution in [0.3, 0.4) is 0 Å². The Bertz CT molecular complexity index is 720. The van der Waals surface area contributed by atoms with E-state index in [0.29, 0.717) is 11.6 Å². The minimum absolute atomic E-state index is 0.286. The van der Waals surface area contributed by atoms with E-state index >= 15 is 0 Å². The maximum atomic E-state index is 11.8. The van der Waals surface area contributed by atoms with E-state index in [1.807, 2.05) is 32.0 Å². The van der Waals surface area contributed by atoms with Crippen LogP contribution in [0.5, 0.6) is 0 Å². The van der Waals surface area contributed by atoms with E-state index in [-0.39, 0.29) is 11.7 Å². The lowest BCUT2D eigenvalue weighted by atomic mass is 10.1. The second-order valence-corrected chi connectivity index (χ2v) is 6.44. The van der Waals surface area contributed by atoms with Crippen molar-refractivity contribution >= 4 is 11.0 Å². The molecular formula is C18H23NO3. The third-order valence-electron chi connectivity index (χ3n) is 4.47. The summed E-state index contributed by atoms with van der Waals surface area (Å²) in [6.45, 7) is 5.59. The van der Waals surface area contributed by atoms with Gasteiger partial charge >= 0.3 is 5.63 Å². The number of aryl methyl sites for hydroxylation is 1. The Labute approximate surface area is 130 Å². The van der Waals surface area contributed by atoms with Gasteiger partial charge in [0.05, 0.1) is 6.10 Å². The third-order valence-corrected chi connectivity index (χ3v) is 4.47. The number of hydrogen-bond acceptors (Lipinski definition) is 4. The van der Waals surface area contributed by atoms with Crippen LogP contribution in [0, 0.1) is 6.92 Å². The molecule has 1 aliphatic rings. The van der Waals surface area contributed by atoms with Crippen LogP contribution in [-0.2, 0) is 6.54 Å². The van der Waals surface area contributed by atoms with Gasteiger partial charge in [-0.2, -0.15) is 0 Å². The van der Waals surface area contributed by atoms with Crippen molar-refractivity contribution < 1.29 is 9.52 Å². The predicted octanol–water partition coefficient (Wildman–Crippen LogP) is 2.84. The fourth-order valence-electron chi connectivity index (χ4n) is 3.45. The lowest BCUT2D eigenvalue weighted by Crippen LogP contribution is -2.31. The highest BCUT2D eigenvalue weighted by Gasteiger charge is 2.26. The van der Waals surface area contributed by atoms with Crippen molar-refractivity contribution in [2.45, 2.75) is 51.8 Å². The smallest absolute Gasteiger partial charge is 0.336 e. The lowest BCUT2D eigenvalue weighted by molar-refractivity contribution is 0.131. The maximum absolute atomic E-state index is 11.8. The zero-order valence-corrected chi connectivity index (χ0v) is 13.2. The first kappa shape index (κ1) is 15.3. The molecule has 1 saturated heterocycles. The van der Waals surface area contributed by atoms with Gasteiger partial charge < -0.3 is 9.52 Å². The van der Waals surface area contributed by atoms with E-state index in [2.05, 4.69) is 4.90 Å². The highest BCUT2D eigenvalue weighted by molar-refractivity contribution is 5.80. The van der Waals surface area contributed by atoms with E-state index in [1.54, 1.807) is 6.07 Å². The summed E-state index contributed by atoms with van der Waals surface area (Å²) in [6.07, 6.45) is 2.77. The van der Waals surface area contributed by atoms with Crippen molar-refractivity contribution in [1.29, 1.82) is 0 Å². The second kappa shape index (κ2) is 6.23. The summed E-state index contributed by atoms with van der Waals surface area (Å²) in [5.41, 5.74) is 2.47. The summed E-state index contributed by atoms with van der Waals surface area (Å²) >= 11 is 0. The van der Waals surface area contributed by atoms with E-state index in [4.69, 9.17) is 4.42 Å². The molecule has 0 saturated carbocycles. The van der Waals surface area contributed by atoms with Crippen molar-refractivity contribution in [2.75, 3.05) is 6.54 Å². The summed E-state index contributed by atoms with van der Waals surface area (Å²) < 4.78 is 5.32. The monoisotopic (exact) mass is 301 g/mol. The van der Waals surface area contributed by atoms with Gasteiger partial charge in [0.2, 0.25) is 0 Å². The van der Waals surface area contributed by atoms with Crippen molar-refractivity contribution in [2.24, 2.45) is 0 Å². The molecule has 1 fully saturated rings. The Hall–Kier alpha value is -1.65. The SMILES string of the molecule is Cc1ccc2c(CN3CCCC3CC(C)O)cc(=O)oc2c1. The molecule has 2 heterocycles. The molecule has 4 nitrogen and oxygen atoms in total. The first-order valence-electron chi connectivity index (χ1n) is 7.98. The highest BCUT2D eigenvalue weighted by atomic mass is 16.4. The van der Waals surface area contributed by atoms with Crippen LogP contribution < -0.4 is 5.63 Å². The molecule has 3 rings (SSSR count). The van der Waals surface area contributed by atoms with Gasteiger partial charge in [0, 0.05) is 24.0 Å². The molecule has 1 aliphatic heterocycles. The standard InChI is InChI=1S/C18H23NO3/c1-12-5-6-16-14(10-18(21)22-17(16)8-12)11-19-7-3-4-15(19)9-13(2)20/h5-6,8,10,13,15,20H,3-4,7,9,11H2,1-2H3. The third kappa shape index (κ3) is 3.23. The van der Waals surface area contributed by atoms with Gasteiger partial charge in [-0.25, -0.2) is 4.79 Å². The first-order chi connectivity index (χ1) is 10.5. The van der Waals surface area contributed by atoms with Crippen LogP contribution in [0.1, 0.15) is 37.3 Å². The number of nitrogens with zero attached hydrogens (tertiary/aromatic N) is 1. The molecular weight excluding hydrogens is 278 g/mol. The fraction of sp³-hybridized carbons (Fsp3) is 0.500. The molecule has 0 bridgehead atoms. The normalized spacial score (nSPS) is 20.6. The maximum Gasteiger partial charge on any atom is 0.336 e. The number of rotatable bonds is 4. The van der Waals surface area contributed by atoms with Crippen LogP contribution >= 0.6 is 0 Å². The molecule has 1 aromatic heterocycles. The molecule has 1 aromatic carbocycles. The predicted molar refractivity (Wildman–Crippen MR) is 87.0 cm³/mol. The number of hydrogen-bond donors (Lipinski definition) is 1. The lowest BCUT2D eigenvalue weighted by Gasteiger charge is -2.25. The van der Waals surface area contributed by atoms with Gasteiger partial charge in [-0.15, -0.1) is 0 Å². The number of benzene rings is 1. The van der Waals surface area contributed by atoms with Gasteiger partial charge in [0.15, 0.2) is 0 Å². The van der Waals surface area contributed by atoms with Crippen LogP contribution in [-0.4, -0.2) is 28.7 Å². The van der Waals surface area contributed by atoms with E-state index in [1.165, 1.54) is 0 Å². The quantitative estimate of drug-likeness (QED) is 0.882. The van der Waals surface area contributed by atoms with Crippen LogP contribution in [0.2, 0.25) is 0 Å². The summed E-state index contributed by atoms with van der Waals surface area (Å²) in [4.78, 5) is 14.2. The Morgan fingerprint density at radius 2 is 2.23 bits per heavy atom. The molecule has 2 aromatic rings. The van der Waals surface area contributed by atoms with Gasteiger partial charge in [-0.1, -0.05) is 12.1 Å². The van der Waals surface area contributed by atoms with E-state index < -0.39 is 0 Å². The molecule has 0 radical (unpaired) electrons. The number of likely N-dealkylation sites (tertiary alicyclic amines) is 1. The molecule has 0 spiro atoms. The highest BCUT2D eigenvalue weighted by Crippen LogP contribution is 2.26. The zero-order valence-electron chi connectivity index (χ0n) is 13.2. The molecule has 1 N–H and O–H groups in total. The molecule has 118 valence electrons. The fourth-order valence-corrected chi connectivity index (χ4v) is 3.45. The largest absolute Gasteiger partial charge is 0.423 e. The van der Waals surface area contributed by atoms with E-state index in [0.717, 1.165) is 48.9 Å². The Kier molecular flexibility index (Phi) is 4.32. The average Bonchev–Trinajstić information content (AvgIpc) is 2.84. The summed E-state index contributed by atoms with van der Waals surface area (Å²) in [7, 11) is 0. The minimum Gasteiger partial charge on any atom is -0.423 e. The zero-order chi connectivity index (χ0) is 15.7. The van der Waals surface area contributed by atoms with Crippen LogP contribution in [0.25, 0.3) is 11.0 Å². The van der Waals surface area contributed by atoms with Gasteiger partial charge in [-0.3, -0.25) is 4.90 Å². The molecule has 22 heavy (non-hydrogen) atoms. The Balaban J connectivity index is 1.91. The first-order valence-corrected chi connectivity index (χ1v) is 7.98. The number of aliphatic hydroxyl groups is 1. The molecule has 4 heteroatoms. The molecule has 2 unspecified atom stereocenters. The van der Waals surface area contributed by atoms with Gasteiger partial charge in [0.1, 0.15) is 5.58 Å². The molecule has 0 amide bonds. The molecule has 0 aliphatic carbocycles. The second-order valence-electron chi connectivity index (χ2n) is 6.44. The van der Waals surface area contributed by atoms with Crippen LogP contribution in [0.4, 0.5) is 0 Å². The number of fused-ring (bicyclic) bond motifs is 1. The topological polar surface area (TPSA) is 53.7 Å². The Morgan fingerprint density at radius 1 is 1.41 bits per heavy atom. The summed E-state index contributed by atoms with van der Waals surface area (Å²) in [5.74, 6) is 0. The van der Waals surface area contributed by atoms with Crippen molar-refractivity contribution in [1.82, 2.24) is 4.90 Å². The average molecular weight is 301 g/mol.